The molecule has 2 nitrogen and oxygen atoms in total. The highest BCUT2D eigenvalue weighted by Gasteiger charge is 2.12. The summed E-state index contributed by atoms with van der Waals surface area (Å²) in [6, 6.07) is 2.65. The highest BCUT2D eigenvalue weighted by atomic mass is 35.5. The lowest BCUT2D eigenvalue weighted by Gasteiger charge is -2.14. The molecule has 0 aliphatic carbocycles. The predicted octanol–water partition coefficient (Wildman–Crippen LogP) is 2.76. The van der Waals surface area contributed by atoms with Crippen LogP contribution in [0.1, 0.15) is 19.4 Å². The summed E-state index contributed by atoms with van der Waals surface area (Å²) in [4.78, 5) is 0. The normalized spacial score (nSPS) is 10.7. The summed E-state index contributed by atoms with van der Waals surface area (Å²) in [5.41, 5.74) is 0.365. The maximum atomic E-state index is 13.3. The molecule has 0 spiro atoms. The van der Waals surface area contributed by atoms with E-state index >= 15 is 0 Å². The van der Waals surface area contributed by atoms with Crippen LogP contribution in [0, 0.1) is 5.82 Å². The molecular weight excluding hydrogens is 207 g/mol. The Morgan fingerprint density at radius 2 is 2.14 bits per heavy atom. The van der Waals surface area contributed by atoms with Crippen molar-refractivity contribution >= 4 is 11.6 Å². The zero-order chi connectivity index (χ0) is 10.7. The van der Waals surface area contributed by atoms with Gasteiger partial charge in [0.05, 0.1) is 12.7 Å². The first-order chi connectivity index (χ1) is 6.54. The number of benzene rings is 1. The predicted molar refractivity (Wildman–Crippen MR) is 53.1 cm³/mol. The third kappa shape index (κ3) is 2.59. The molecule has 0 aromatic heterocycles. The summed E-state index contributed by atoms with van der Waals surface area (Å²) in [5, 5.41) is 9.23. The smallest absolute Gasteiger partial charge is 0.166 e. The Labute approximate surface area is 87.3 Å². The monoisotopic (exact) mass is 218 g/mol. The number of aliphatic hydroxyl groups is 1. The quantitative estimate of drug-likeness (QED) is 0.846. The van der Waals surface area contributed by atoms with Crippen molar-refractivity contribution in [3.8, 4) is 5.75 Å². The van der Waals surface area contributed by atoms with Gasteiger partial charge in [-0.3, -0.25) is 0 Å². The van der Waals surface area contributed by atoms with Gasteiger partial charge in [-0.25, -0.2) is 4.39 Å². The maximum Gasteiger partial charge on any atom is 0.166 e. The Bertz CT molecular complexity index is 326. The maximum absolute atomic E-state index is 13.3. The minimum absolute atomic E-state index is 0.0758. The highest BCUT2D eigenvalue weighted by Crippen LogP contribution is 2.27. The van der Waals surface area contributed by atoms with Gasteiger partial charge in [0.2, 0.25) is 0 Å². The number of hydrogen-bond donors (Lipinski definition) is 1. The molecule has 78 valence electrons. The van der Waals surface area contributed by atoms with E-state index < -0.39 is 5.82 Å². The van der Waals surface area contributed by atoms with E-state index in [0.717, 1.165) is 0 Å². The standard InChI is InChI=1S/C10H12ClFO2/c1-6(2)14-10-7(5-13)3-8(11)4-9(10)12/h3-4,6,13H,5H2,1-2H3. The van der Waals surface area contributed by atoms with Gasteiger partial charge in [-0.15, -0.1) is 0 Å². The van der Waals surface area contributed by atoms with Crippen molar-refractivity contribution in [2.45, 2.75) is 26.6 Å². The van der Waals surface area contributed by atoms with Crippen LogP contribution in [0.15, 0.2) is 12.1 Å². The second kappa shape index (κ2) is 4.62. The molecule has 0 heterocycles. The van der Waals surface area contributed by atoms with Gasteiger partial charge >= 0.3 is 0 Å². The Morgan fingerprint density at radius 3 is 2.64 bits per heavy atom. The van der Waals surface area contributed by atoms with Crippen LogP contribution in [0.3, 0.4) is 0 Å². The highest BCUT2D eigenvalue weighted by molar-refractivity contribution is 6.30. The zero-order valence-electron chi connectivity index (χ0n) is 8.05. The fourth-order valence-corrected chi connectivity index (χ4v) is 1.33. The van der Waals surface area contributed by atoms with Gasteiger partial charge in [0.25, 0.3) is 0 Å². The summed E-state index contributed by atoms with van der Waals surface area (Å²) < 4.78 is 18.6. The Balaban J connectivity index is 3.11. The van der Waals surface area contributed by atoms with Crippen molar-refractivity contribution in [3.05, 3.63) is 28.5 Å². The number of rotatable bonds is 3. The van der Waals surface area contributed by atoms with E-state index in [-0.39, 0.29) is 23.5 Å². The molecule has 1 N–H and O–H groups in total. The third-order valence-corrected chi connectivity index (χ3v) is 1.83. The fourth-order valence-electron chi connectivity index (χ4n) is 1.10. The molecule has 1 aromatic rings. The molecule has 0 fully saturated rings. The summed E-state index contributed by atoms with van der Waals surface area (Å²) in [7, 11) is 0. The Morgan fingerprint density at radius 1 is 1.50 bits per heavy atom. The first kappa shape index (κ1) is 11.3. The largest absolute Gasteiger partial charge is 0.488 e. The van der Waals surface area contributed by atoms with Crippen molar-refractivity contribution < 1.29 is 14.2 Å². The number of hydrogen-bond acceptors (Lipinski definition) is 2. The minimum atomic E-state index is -0.546. The summed E-state index contributed by atoms with van der Waals surface area (Å²) >= 11 is 5.63. The van der Waals surface area contributed by atoms with Gasteiger partial charge < -0.3 is 9.84 Å². The SMILES string of the molecule is CC(C)Oc1c(F)cc(Cl)cc1CO. The lowest BCUT2D eigenvalue weighted by Crippen LogP contribution is -2.09. The fraction of sp³-hybridized carbons (Fsp3) is 0.400. The number of aliphatic hydroxyl groups excluding tert-OH is 1. The van der Waals surface area contributed by atoms with Crippen LogP contribution in [-0.2, 0) is 6.61 Å². The number of ether oxygens (including phenoxy) is 1. The lowest BCUT2D eigenvalue weighted by molar-refractivity contribution is 0.215. The molecule has 0 bridgehead atoms. The molecule has 0 unspecified atom stereocenters. The summed E-state index contributed by atoms with van der Waals surface area (Å²) in [5.74, 6) is -0.470. The molecular formula is C10H12ClFO2. The summed E-state index contributed by atoms with van der Waals surface area (Å²) in [6.45, 7) is 3.28. The van der Waals surface area contributed by atoms with E-state index in [2.05, 4.69) is 0 Å². The van der Waals surface area contributed by atoms with Crippen molar-refractivity contribution in [2.75, 3.05) is 0 Å². The van der Waals surface area contributed by atoms with Crippen LogP contribution < -0.4 is 4.74 Å². The molecule has 1 aromatic carbocycles. The second-order valence-electron chi connectivity index (χ2n) is 3.20. The topological polar surface area (TPSA) is 29.5 Å². The molecule has 0 radical (unpaired) electrons. The molecule has 0 aliphatic heterocycles. The van der Waals surface area contributed by atoms with Gasteiger partial charge in [0, 0.05) is 10.6 Å². The van der Waals surface area contributed by atoms with Crippen molar-refractivity contribution in [3.63, 3.8) is 0 Å². The van der Waals surface area contributed by atoms with Gasteiger partial charge in [-0.2, -0.15) is 0 Å². The van der Waals surface area contributed by atoms with E-state index in [4.69, 9.17) is 21.4 Å². The number of halogens is 2. The van der Waals surface area contributed by atoms with E-state index in [9.17, 15) is 4.39 Å². The molecule has 0 aliphatic rings. The van der Waals surface area contributed by atoms with Gasteiger partial charge in [-0.1, -0.05) is 11.6 Å². The van der Waals surface area contributed by atoms with E-state index in [1.807, 2.05) is 0 Å². The van der Waals surface area contributed by atoms with Gasteiger partial charge in [0.15, 0.2) is 11.6 Å². The minimum Gasteiger partial charge on any atom is -0.488 e. The van der Waals surface area contributed by atoms with Crippen molar-refractivity contribution in [1.29, 1.82) is 0 Å². The molecule has 0 saturated carbocycles. The van der Waals surface area contributed by atoms with Crippen LogP contribution in [0.4, 0.5) is 4.39 Å². The average Bonchev–Trinajstić information content (AvgIpc) is 2.08. The van der Waals surface area contributed by atoms with Gasteiger partial charge in [0.1, 0.15) is 0 Å². The molecule has 4 heteroatoms. The van der Waals surface area contributed by atoms with Crippen LogP contribution in [0.2, 0.25) is 5.02 Å². The Hall–Kier alpha value is -0.800. The van der Waals surface area contributed by atoms with Gasteiger partial charge in [-0.05, 0) is 26.0 Å². The van der Waals surface area contributed by atoms with E-state index in [0.29, 0.717) is 5.56 Å². The third-order valence-electron chi connectivity index (χ3n) is 1.61. The zero-order valence-corrected chi connectivity index (χ0v) is 8.81. The van der Waals surface area contributed by atoms with E-state index in [1.54, 1.807) is 13.8 Å². The molecule has 14 heavy (non-hydrogen) atoms. The second-order valence-corrected chi connectivity index (χ2v) is 3.64. The molecule has 0 atom stereocenters. The molecule has 0 amide bonds. The van der Waals surface area contributed by atoms with Crippen LogP contribution in [-0.4, -0.2) is 11.2 Å². The first-order valence-corrected chi connectivity index (χ1v) is 4.67. The Kier molecular flexibility index (Phi) is 3.72. The van der Waals surface area contributed by atoms with E-state index in [1.165, 1.54) is 12.1 Å². The van der Waals surface area contributed by atoms with Crippen molar-refractivity contribution in [2.24, 2.45) is 0 Å². The molecule has 0 saturated heterocycles. The summed E-state index contributed by atoms with van der Waals surface area (Å²) in [6.07, 6.45) is -0.143. The lowest BCUT2D eigenvalue weighted by atomic mass is 10.2. The molecule has 1 rings (SSSR count). The first-order valence-electron chi connectivity index (χ1n) is 4.30. The van der Waals surface area contributed by atoms with Crippen LogP contribution in [0.5, 0.6) is 5.75 Å². The van der Waals surface area contributed by atoms with Crippen molar-refractivity contribution in [1.82, 2.24) is 0 Å². The van der Waals surface area contributed by atoms with Crippen LogP contribution in [0.25, 0.3) is 0 Å². The average molecular weight is 219 g/mol. The van der Waals surface area contributed by atoms with Crippen LogP contribution >= 0.6 is 11.6 Å².